The lowest BCUT2D eigenvalue weighted by molar-refractivity contribution is 0.0747. The highest BCUT2D eigenvalue weighted by Crippen LogP contribution is 2.23. The molecule has 2 aliphatic heterocycles. The Bertz CT molecular complexity index is 719. The van der Waals surface area contributed by atoms with Gasteiger partial charge in [-0.15, -0.1) is 12.4 Å². The van der Waals surface area contributed by atoms with Crippen molar-refractivity contribution in [3.63, 3.8) is 0 Å². The van der Waals surface area contributed by atoms with E-state index in [0.717, 1.165) is 37.1 Å². The fourth-order valence-electron chi connectivity index (χ4n) is 4.00. The van der Waals surface area contributed by atoms with Crippen LogP contribution in [0.2, 0.25) is 0 Å². The average molecular weight is 357 g/mol. The Kier molecular flexibility index (Phi) is 5.77. The molecule has 0 spiro atoms. The minimum Gasteiger partial charge on any atom is -0.337 e. The lowest BCUT2D eigenvalue weighted by Gasteiger charge is -2.25. The summed E-state index contributed by atoms with van der Waals surface area (Å²) in [5.74, 6) is 0.191. The molecule has 2 bridgehead atoms. The molecule has 2 fully saturated rings. The molecule has 3 nitrogen and oxygen atoms in total. The van der Waals surface area contributed by atoms with Crippen LogP contribution in [0.5, 0.6) is 0 Å². The number of benzene rings is 2. The number of hydrogen-bond donors (Lipinski definition) is 1. The van der Waals surface area contributed by atoms with Crippen LogP contribution >= 0.6 is 12.4 Å². The fourth-order valence-corrected chi connectivity index (χ4v) is 4.00. The minimum atomic E-state index is 0. The van der Waals surface area contributed by atoms with E-state index >= 15 is 0 Å². The molecule has 1 N–H and O–H groups in total. The van der Waals surface area contributed by atoms with Gasteiger partial charge in [-0.25, -0.2) is 0 Å². The maximum Gasteiger partial charge on any atom is 0.254 e. The number of hydrogen-bond acceptors (Lipinski definition) is 2. The van der Waals surface area contributed by atoms with E-state index < -0.39 is 0 Å². The molecule has 2 unspecified atom stereocenters. The van der Waals surface area contributed by atoms with E-state index in [1.807, 2.05) is 24.3 Å². The SMILES string of the molecule is Cl.O=C(c1ccccc1Cc1ccccc1)N1CCC2CCC(C1)N2. The minimum absolute atomic E-state index is 0. The number of nitrogens with zero attached hydrogens (tertiary/aromatic N) is 1. The number of rotatable bonds is 3. The maximum atomic E-state index is 13.1. The van der Waals surface area contributed by atoms with Crippen LogP contribution in [0.1, 0.15) is 40.7 Å². The summed E-state index contributed by atoms with van der Waals surface area (Å²) in [5, 5.41) is 3.65. The van der Waals surface area contributed by atoms with Gasteiger partial charge in [-0.3, -0.25) is 4.79 Å². The summed E-state index contributed by atoms with van der Waals surface area (Å²) in [6.07, 6.45) is 4.33. The van der Waals surface area contributed by atoms with Gasteiger partial charge in [-0.2, -0.15) is 0 Å². The molecule has 2 atom stereocenters. The first-order valence-corrected chi connectivity index (χ1v) is 8.97. The molecule has 0 aliphatic carbocycles. The predicted octanol–water partition coefficient (Wildman–Crippen LogP) is 3.67. The smallest absolute Gasteiger partial charge is 0.254 e. The van der Waals surface area contributed by atoms with E-state index in [4.69, 9.17) is 0 Å². The fraction of sp³-hybridized carbons (Fsp3) is 0.381. The first kappa shape index (κ1) is 18.0. The molecular formula is C21H25ClN2O. The molecule has 4 heteroatoms. The third kappa shape index (κ3) is 4.05. The van der Waals surface area contributed by atoms with E-state index in [9.17, 15) is 4.79 Å². The van der Waals surface area contributed by atoms with Crippen LogP contribution in [-0.2, 0) is 6.42 Å². The molecule has 4 rings (SSSR count). The monoisotopic (exact) mass is 356 g/mol. The van der Waals surface area contributed by atoms with Gasteiger partial charge in [-0.05, 0) is 42.9 Å². The molecule has 0 saturated carbocycles. The molecule has 132 valence electrons. The van der Waals surface area contributed by atoms with Crippen LogP contribution in [0.15, 0.2) is 54.6 Å². The van der Waals surface area contributed by atoms with Crippen molar-refractivity contribution in [1.29, 1.82) is 0 Å². The van der Waals surface area contributed by atoms with Crippen LogP contribution in [-0.4, -0.2) is 36.0 Å². The van der Waals surface area contributed by atoms with Crippen molar-refractivity contribution in [1.82, 2.24) is 10.2 Å². The summed E-state index contributed by atoms with van der Waals surface area (Å²) >= 11 is 0. The van der Waals surface area contributed by atoms with Gasteiger partial charge in [0.2, 0.25) is 0 Å². The number of amides is 1. The van der Waals surface area contributed by atoms with Crippen LogP contribution < -0.4 is 5.32 Å². The summed E-state index contributed by atoms with van der Waals surface area (Å²) < 4.78 is 0. The summed E-state index contributed by atoms with van der Waals surface area (Å²) in [6, 6.07) is 19.5. The zero-order chi connectivity index (χ0) is 16.4. The maximum absolute atomic E-state index is 13.1. The second-order valence-electron chi connectivity index (χ2n) is 7.00. The zero-order valence-corrected chi connectivity index (χ0v) is 15.2. The molecule has 2 aromatic carbocycles. The topological polar surface area (TPSA) is 32.3 Å². The summed E-state index contributed by atoms with van der Waals surface area (Å²) in [6.45, 7) is 1.71. The Morgan fingerprint density at radius 2 is 1.68 bits per heavy atom. The van der Waals surface area contributed by atoms with Crippen LogP contribution in [0.25, 0.3) is 0 Å². The second kappa shape index (κ2) is 8.03. The summed E-state index contributed by atoms with van der Waals surface area (Å²) in [7, 11) is 0. The standard InChI is InChI=1S/C21H24N2O.ClH/c24-21(23-13-12-18-10-11-19(15-23)22-18)20-9-5-4-8-17(20)14-16-6-2-1-3-7-16;/h1-9,18-19,22H,10-15H2;1H. The lowest BCUT2D eigenvalue weighted by Crippen LogP contribution is -2.39. The zero-order valence-electron chi connectivity index (χ0n) is 14.4. The second-order valence-corrected chi connectivity index (χ2v) is 7.00. The van der Waals surface area contributed by atoms with Gasteiger partial charge >= 0.3 is 0 Å². The van der Waals surface area contributed by atoms with Crippen molar-refractivity contribution in [2.75, 3.05) is 13.1 Å². The first-order chi connectivity index (χ1) is 11.8. The van der Waals surface area contributed by atoms with E-state index in [-0.39, 0.29) is 18.3 Å². The van der Waals surface area contributed by atoms with Crippen LogP contribution in [0.3, 0.4) is 0 Å². The molecule has 0 radical (unpaired) electrons. The van der Waals surface area contributed by atoms with Gasteiger partial charge in [0.15, 0.2) is 0 Å². The molecule has 2 aromatic rings. The largest absolute Gasteiger partial charge is 0.337 e. The lowest BCUT2D eigenvalue weighted by atomic mass is 9.98. The third-order valence-electron chi connectivity index (χ3n) is 5.30. The number of nitrogens with one attached hydrogen (secondary N) is 1. The quantitative estimate of drug-likeness (QED) is 0.910. The van der Waals surface area contributed by atoms with E-state index in [2.05, 4.69) is 40.5 Å². The average Bonchev–Trinajstić information content (AvgIpc) is 2.95. The number of halogens is 1. The van der Waals surface area contributed by atoms with Crippen molar-refractivity contribution >= 4 is 18.3 Å². The van der Waals surface area contributed by atoms with E-state index in [1.165, 1.54) is 18.4 Å². The Morgan fingerprint density at radius 3 is 2.52 bits per heavy atom. The van der Waals surface area contributed by atoms with Crippen molar-refractivity contribution in [2.24, 2.45) is 0 Å². The molecular weight excluding hydrogens is 332 g/mol. The highest BCUT2D eigenvalue weighted by Gasteiger charge is 2.31. The molecule has 2 heterocycles. The summed E-state index contributed by atoms with van der Waals surface area (Å²) in [4.78, 5) is 15.2. The Balaban J connectivity index is 0.00000182. The Morgan fingerprint density at radius 1 is 0.960 bits per heavy atom. The Labute approximate surface area is 155 Å². The number of fused-ring (bicyclic) bond motifs is 2. The highest BCUT2D eigenvalue weighted by atomic mass is 35.5. The first-order valence-electron chi connectivity index (χ1n) is 8.97. The predicted molar refractivity (Wildman–Crippen MR) is 103 cm³/mol. The Hall–Kier alpha value is -1.84. The number of carbonyl (C=O) groups is 1. The molecule has 0 aromatic heterocycles. The van der Waals surface area contributed by atoms with Crippen LogP contribution in [0, 0.1) is 0 Å². The van der Waals surface area contributed by atoms with Gasteiger partial charge < -0.3 is 10.2 Å². The molecule has 1 amide bonds. The van der Waals surface area contributed by atoms with E-state index in [0.29, 0.717) is 12.1 Å². The van der Waals surface area contributed by atoms with E-state index in [1.54, 1.807) is 0 Å². The van der Waals surface area contributed by atoms with Gasteiger partial charge in [0.1, 0.15) is 0 Å². The van der Waals surface area contributed by atoms with Crippen molar-refractivity contribution in [3.8, 4) is 0 Å². The molecule has 2 aliphatic rings. The van der Waals surface area contributed by atoms with Gasteiger partial charge in [0.25, 0.3) is 5.91 Å². The summed E-state index contributed by atoms with van der Waals surface area (Å²) in [5.41, 5.74) is 3.23. The van der Waals surface area contributed by atoms with Gasteiger partial charge in [-0.1, -0.05) is 48.5 Å². The molecule has 25 heavy (non-hydrogen) atoms. The van der Waals surface area contributed by atoms with Crippen LogP contribution in [0.4, 0.5) is 0 Å². The van der Waals surface area contributed by atoms with Crippen molar-refractivity contribution in [3.05, 3.63) is 71.3 Å². The van der Waals surface area contributed by atoms with Crippen molar-refractivity contribution < 1.29 is 4.79 Å². The normalized spacial score (nSPS) is 22.2. The number of carbonyl (C=O) groups excluding carboxylic acids is 1. The third-order valence-corrected chi connectivity index (χ3v) is 5.30. The van der Waals surface area contributed by atoms with Gasteiger partial charge in [0, 0.05) is 30.7 Å². The van der Waals surface area contributed by atoms with Gasteiger partial charge in [0.05, 0.1) is 0 Å². The highest BCUT2D eigenvalue weighted by molar-refractivity contribution is 5.96. The number of likely N-dealkylation sites (tertiary alicyclic amines) is 1. The van der Waals surface area contributed by atoms with Crippen molar-refractivity contribution in [2.45, 2.75) is 37.8 Å². The molecule has 2 saturated heterocycles.